The lowest BCUT2D eigenvalue weighted by Gasteiger charge is -2.07. The number of hydrogen-bond acceptors (Lipinski definition) is 2. The molecule has 0 fully saturated rings. The first-order chi connectivity index (χ1) is 4.16. The van der Waals surface area contributed by atoms with Crippen molar-refractivity contribution < 1.29 is 0 Å². The third-order valence-corrected chi connectivity index (χ3v) is 1.38. The fourth-order valence-electron chi connectivity index (χ4n) is 0.842. The van der Waals surface area contributed by atoms with Gasteiger partial charge in [-0.1, -0.05) is 25.6 Å². The molecule has 0 amide bonds. The molecule has 0 heterocycles. The Balaban J connectivity index is 3.26. The predicted molar refractivity (Wildman–Crippen MR) is 45.8 cm³/mol. The van der Waals surface area contributed by atoms with Crippen LogP contribution in [-0.4, -0.2) is 10.9 Å². The smallest absolute Gasteiger partial charge is 0.00840 e. The molecule has 0 aliphatic rings. The van der Waals surface area contributed by atoms with Crippen molar-refractivity contribution in [3.8, 4) is 0 Å². The normalized spacial score (nSPS) is 13.2. The Kier molecular flexibility index (Phi) is 4.91. The molecule has 9 heavy (non-hydrogen) atoms. The summed E-state index contributed by atoms with van der Waals surface area (Å²) in [6.07, 6.45) is 3.15. The molecule has 2 N–H and O–H groups in total. The van der Waals surface area contributed by atoms with Crippen molar-refractivity contribution in [1.82, 2.24) is 0 Å². The molecule has 1 atom stereocenters. The molecule has 0 aromatic heterocycles. The fraction of sp³-hybridized carbons (Fsp3) is 0.857. The van der Waals surface area contributed by atoms with Gasteiger partial charge in [0.15, 0.2) is 0 Å². The molecule has 0 aliphatic heterocycles. The van der Waals surface area contributed by atoms with Gasteiger partial charge in [-0.2, -0.15) is 0 Å². The molecular weight excluding hydrogens is 130 g/mol. The highest BCUT2D eigenvalue weighted by molar-refractivity contribution is 7.80. The van der Waals surface area contributed by atoms with Gasteiger partial charge in [0.1, 0.15) is 0 Å². The third kappa shape index (κ3) is 5.93. The van der Waals surface area contributed by atoms with Crippen molar-refractivity contribution in [2.75, 3.05) is 0 Å². The van der Waals surface area contributed by atoms with Crippen molar-refractivity contribution in [2.45, 2.75) is 39.2 Å². The molecule has 0 radical (unpaired) electrons. The van der Waals surface area contributed by atoms with E-state index in [1.54, 1.807) is 0 Å². The lowest BCUT2D eigenvalue weighted by molar-refractivity contribution is 0.624. The summed E-state index contributed by atoms with van der Waals surface area (Å²) < 4.78 is 0. The standard InChI is InChI=1S/C7H15NS/c1-3-4-7(8)5-6(2)9/h7H,3-5,8H2,1-2H3. The topological polar surface area (TPSA) is 26.0 Å². The number of rotatable bonds is 4. The predicted octanol–water partition coefficient (Wildman–Crippen LogP) is 1.89. The Morgan fingerprint density at radius 3 is 2.56 bits per heavy atom. The van der Waals surface area contributed by atoms with Gasteiger partial charge in [-0.05, 0) is 24.6 Å². The van der Waals surface area contributed by atoms with Gasteiger partial charge in [-0.15, -0.1) is 0 Å². The second-order valence-corrected chi connectivity index (χ2v) is 3.15. The van der Waals surface area contributed by atoms with Gasteiger partial charge in [-0.25, -0.2) is 0 Å². The average Bonchev–Trinajstić information content (AvgIpc) is 1.63. The molecule has 0 saturated carbocycles. The molecule has 1 nitrogen and oxygen atoms in total. The zero-order valence-corrected chi connectivity index (χ0v) is 7.00. The Morgan fingerprint density at radius 1 is 1.67 bits per heavy atom. The average molecular weight is 145 g/mol. The maximum atomic E-state index is 5.70. The summed E-state index contributed by atoms with van der Waals surface area (Å²) in [6.45, 7) is 4.09. The highest BCUT2D eigenvalue weighted by Crippen LogP contribution is 1.99. The minimum atomic E-state index is 0.299. The van der Waals surface area contributed by atoms with Crippen molar-refractivity contribution in [3.63, 3.8) is 0 Å². The van der Waals surface area contributed by atoms with E-state index in [4.69, 9.17) is 18.0 Å². The van der Waals surface area contributed by atoms with Crippen LogP contribution in [-0.2, 0) is 0 Å². The summed E-state index contributed by atoms with van der Waals surface area (Å²) in [5.41, 5.74) is 5.70. The van der Waals surface area contributed by atoms with Crippen molar-refractivity contribution >= 4 is 17.1 Å². The van der Waals surface area contributed by atoms with Crippen LogP contribution in [0.2, 0.25) is 0 Å². The Morgan fingerprint density at radius 2 is 2.22 bits per heavy atom. The molecule has 0 saturated heterocycles. The molecule has 0 rings (SSSR count). The summed E-state index contributed by atoms with van der Waals surface area (Å²) in [4.78, 5) is 1.02. The molecule has 0 aromatic rings. The van der Waals surface area contributed by atoms with Crippen LogP contribution in [0, 0.1) is 0 Å². The number of thiocarbonyl (C=S) groups is 1. The third-order valence-electron chi connectivity index (χ3n) is 1.21. The Bertz CT molecular complexity index is 90.9. The van der Waals surface area contributed by atoms with Gasteiger partial charge >= 0.3 is 0 Å². The summed E-state index contributed by atoms with van der Waals surface area (Å²) in [6, 6.07) is 0.299. The first-order valence-electron chi connectivity index (χ1n) is 3.41. The van der Waals surface area contributed by atoms with E-state index in [-0.39, 0.29) is 0 Å². The fourth-order valence-corrected chi connectivity index (χ4v) is 1.06. The summed E-state index contributed by atoms with van der Waals surface area (Å²) >= 11 is 4.91. The zero-order valence-electron chi connectivity index (χ0n) is 6.18. The SMILES string of the molecule is CCCC(N)CC(C)=S. The van der Waals surface area contributed by atoms with E-state index in [9.17, 15) is 0 Å². The molecule has 0 bridgehead atoms. The maximum absolute atomic E-state index is 5.70. The van der Waals surface area contributed by atoms with E-state index < -0.39 is 0 Å². The second-order valence-electron chi connectivity index (χ2n) is 2.45. The minimum absolute atomic E-state index is 0.299. The highest BCUT2D eigenvalue weighted by atomic mass is 32.1. The van der Waals surface area contributed by atoms with E-state index in [1.807, 2.05) is 6.92 Å². The van der Waals surface area contributed by atoms with Crippen molar-refractivity contribution in [1.29, 1.82) is 0 Å². The summed E-state index contributed by atoms with van der Waals surface area (Å²) in [5, 5.41) is 0. The second kappa shape index (κ2) is 4.89. The first kappa shape index (κ1) is 9.05. The van der Waals surface area contributed by atoms with Gasteiger partial charge in [0.05, 0.1) is 0 Å². The van der Waals surface area contributed by atoms with Crippen molar-refractivity contribution in [2.24, 2.45) is 5.73 Å². The van der Waals surface area contributed by atoms with Gasteiger partial charge in [-0.3, -0.25) is 0 Å². The quantitative estimate of drug-likeness (QED) is 0.611. The van der Waals surface area contributed by atoms with Crippen LogP contribution in [0.25, 0.3) is 0 Å². The van der Waals surface area contributed by atoms with E-state index in [2.05, 4.69) is 6.92 Å². The Hall–Kier alpha value is 0.0500. The molecule has 0 aromatic carbocycles. The molecule has 1 unspecified atom stereocenters. The van der Waals surface area contributed by atoms with Crippen LogP contribution < -0.4 is 5.73 Å². The minimum Gasteiger partial charge on any atom is -0.327 e. The van der Waals surface area contributed by atoms with Crippen LogP contribution in [0.3, 0.4) is 0 Å². The van der Waals surface area contributed by atoms with E-state index in [1.165, 1.54) is 0 Å². The summed E-state index contributed by atoms with van der Waals surface area (Å²) in [5.74, 6) is 0. The maximum Gasteiger partial charge on any atom is 0.00840 e. The van der Waals surface area contributed by atoms with E-state index >= 15 is 0 Å². The van der Waals surface area contributed by atoms with Crippen LogP contribution in [0.15, 0.2) is 0 Å². The first-order valence-corrected chi connectivity index (χ1v) is 3.82. The lowest BCUT2D eigenvalue weighted by atomic mass is 10.1. The largest absolute Gasteiger partial charge is 0.327 e. The van der Waals surface area contributed by atoms with Gasteiger partial charge in [0.2, 0.25) is 0 Å². The van der Waals surface area contributed by atoms with Crippen molar-refractivity contribution in [3.05, 3.63) is 0 Å². The van der Waals surface area contributed by atoms with Gasteiger partial charge < -0.3 is 5.73 Å². The van der Waals surface area contributed by atoms with E-state index in [0.29, 0.717) is 6.04 Å². The summed E-state index contributed by atoms with van der Waals surface area (Å²) in [7, 11) is 0. The van der Waals surface area contributed by atoms with Gasteiger partial charge in [0, 0.05) is 6.04 Å². The molecular formula is C7H15NS. The van der Waals surface area contributed by atoms with Gasteiger partial charge in [0.25, 0.3) is 0 Å². The molecule has 54 valence electrons. The number of nitrogens with two attached hydrogens (primary N) is 1. The molecule has 2 heteroatoms. The molecule has 0 aliphatic carbocycles. The van der Waals surface area contributed by atoms with E-state index in [0.717, 1.165) is 24.1 Å². The highest BCUT2D eigenvalue weighted by Gasteiger charge is 1.99. The van der Waals surface area contributed by atoms with Crippen LogP contribution in [0.5, 0.6) is 0 Å². The zero-order chi connectivity index (χ0) is 7.28. The molecule has 0 spiro atoms. The monoisotopic (exact) mass is 145 g/mol. The Labute approximate surface area is 62.6 Å². The van der Waals surface area contributed by atoms with Crippen LogP contribution in [0.1, 0.15) is 33.1 Å². The van der Waals surface area contributed by atoms with Crippen LogP contribution >= 0.6 is 12.2 Å². The number of hydrogen-bond donors (Lipinski definition) is 1. The lowest BCUT2D eigenvalue weighted by Crippen LogP contribution is -2.21. The van der Waals surface area contributed by atoms with Crippen LogP contribution in [0.4, 0.5) is 0 Å².